The Balaban J connectivity index is 1.83. The number of hydrogen-bond donors (Lipinski definition) is 0. The fourth-order valence-electron chi connectivity index (χ4n) is 2.96. The minimum Gasteiger partial charge on any atom is -0.494 e. The molecule has 28 heavy (non-hydrogen) atoms. The number of sulfonamides is 1. The molecule has 0 amide bonds. The maximum Gasteiger partial charge on any atom is 0.312 e. The smallest absolute Gasteiger partial charge is 0.312 e. The van der Waals surface area contributed by atoms with Gasteiger partial charge in [0, 0.05) is 19.2 Å². The summed E-state index contributed by atoms with van der Waals surface area (Å²) >= 11 is 0. The molecule has 0 aliphatic carbocycles. The summed E-state index contributed by atoms with van der Waals surface area (Å²) in [5.41, 5.74) is -0.0179. The minimum absolute atomic E-state index is 0.0752. The van der Waals surface area contributed by atoms with Gasteiger partial charge in [-0.15, -0.1) is 0 Å². The molecular formula is C18H19FN2O6S. The number of methoxy groups -OCH3 is 1. The van der Waals surface area contributed by atoms with Crippen molar-refractivity contribution in [3.63, 3.8) is 0 Å². The number of nitro benzene ring substituents is 1. The van der Waals surface area contributed by atoms with Crippen molar-refractivity contribution in [2.45, 2.75) is 24.3 Å². The third-order valence-electron chi connectivity index (χ3n) is 4.44. The zero-order chi connectivity index (χ0) is 20.3. The molecule has 1 saturated heterocycles. The Kier molecular flexibility index (Phi) is 5.80. The molecule has 0 saturated carbocycles. The number of ether oxygens (including phenoxy) is 2. The Morgan fingerprint density at radius 1 is 1.14 bits per heavy atom. The van der Waals surface area contributed by atoms with E-state index in [0.717, 1.165) is 18.9 Å². The second kappa shape index (κ2) is 8.11. The number of benzene rings is 2. The van der Waals surface area contributed by atoms with Crippen LogP contribution in [-0.2, 0) is 16.6 Å². The molecule has 150 valence electrons. The lowest BCUT2D eigenvalue weighted by Crippen LogP contribution is -2.27. The van der Waals surface area contributed by atoms with Crippen LogP contribution >= 0.6 is 0 Å². The molecule has 10 heteroatoms. The summed E-state index contributed by atoms with van der Waals surface area (Å²) in [6.45, 7) is 0.675. The third kappa shape index (κ3) is 4.07. The Morgan fingerprint density at radius 3 is 2.43 bits per heavy atom. The van der Waals surface area contributed by atoms with Gasteiger partial charge >= 0.3 is 5.69 Å². The summed E-state index contributed by atoms with van der Waals surface area (Å²) in [6, 6.07) is 7.73. The highest BCUT2D eigenvalue weighted by atomic mass is 32.2. The first kappa shape index (κ1) is 20.0. The first-order chi connectivity index (χ1) is 13.3. The standard InChI is InChI=1S/C18H19FN2O6S/c1-26-17-6-4-13(10-15(17)19)12-27-18-7-5-14(11-16(18)21(22)23)28(24,25)20-8-2-3-9-20/h4-7,10-11H,2-3,8-9,12H2,1H3. The topological polar surface area (TPSA) is 99.0 Å². The van der Waals surface area contributed by atoms with E-state index in [0.29, 0.717) is 18.7 Å². The minimum atomic E-state index is -3.78. The maximum atomic E-state index is 13.8. The molecule has 0 atom stereocenters. The van der Waals surface area contributed by atoms with Gasteiger partial charge < -0.3 is 9.47 Å². The average Bonchev–Trinajstić information content (AvgIpc) is 3.22. The van der Waals surface area contributed by atoms with E-state index in [9.17, 15) is 22.9 Å². The highest BCUT2D eigenvalue weighted by molar-refractivity contribution is 7.89. The van der Waals surface area contributed by atoms with Crippen LogP contribution in [0.3, 0.4) is 0 Å². The van der Waals surface area contributed by atoms with E-state index >= 15 is 0 Å². The number of nitro groups is 1. The predicted molar refractivity (Wildman–Crippen MR) is 98.4 cm³/mol. The van der Waals surface area contributed by atoms with Gasteiger partial charge in [-0.05, 0) is 42.7 Å². The molecule has 1 fully saturated rings. The van der Waals surface area contributed by atoms with Gasteiger partial charge in [0.25, 0.3) is 0 Å². The SMILES string of the molecule is COc1ccc(COc2ccc(S(=O)(=O)N3CCCC3)cc2[N+](=O)[O-])cc1F. The lowest BCUT2D eigenvalue weighted by Gasteiger charge is -2.16. The first-order valence-corrected chi connectivity index (χ1v) is 10.0. The van der Waals surface area contributed by atoms with Crippen LogP contribution in [-0.4, -0.2) is 37.8 Å². The van der Waals surface area contributed by atoms with Gasteiger partial charge in [0.05, 0.1) is 16.9 Å². The van der Waals surface area contributed by atoms with Crippen LogP contribution in [0.25, 0.3) is 0 Å². The fourth-order valence-corrected chi connectivity index (χ4v) is 4.50. The van der Waals surface area contributed by atoms with Gasteiger partial charge in [-0.1, -0.05) is 6.07 Å². The van der Waals surface area contributed by atoms with Crippen LogP contribution in [0.15, 0.2) is 41.3 Å². The first-order valence-electron chi connectivity index (χ1n) is 8.57. The van der Waals surface area contributed by atoms with Crippen LogP contribution in [0.1, 0.15) is 18.4 Å². The third-order valence-corrected chi connectivity index (χ3v) is 6.34. The van der Waals surface area contributed by atoms with Crippen LogP contribution < -0.4 is 9.47 Å². The summed E-state index contributed by atoms with van der Waals surface area (Å²) in [5.74, 6) is -0.599. The molecule has 0 bridgehead atoms. The Bertz CT molecular complexity index is 990. The number of halogens is 1. The lowest BCUT2D eigenvalue weighted by atomic mass is 10.2. The predicted octanol–water partition coefficient (Wildman–Crippen LogP) is 3.11. The Hall–Kier alpha value is -2.72. The summed E-state index contributed by atoms with van der Waals surface area (Å²) in [5, 5.41) is 11.4. The van der Waals surface area contributed by atoms with Crippen LogP contribution in [0.4, 0.5) is 10.1 Å². The van der Waals surface area contributed by atoms with E-state index in [1.54, 1.807) is 6.07 Å². The highest BCUT2D eigenvalue weighted by Crippen LogP contribution is 2.32. The van der Waals surface area contributed by atoms with E-state index in [4.69, 9.17) is 9.47 Å². The van der Waals surface area contributed by atoms with Gasteiger partial charge in [0.15, 0.2) is 17.3 Å². The number of nitrogens with zero attached hydrogens (tertiary/aromatic N) is 2. The molecule has 2 aromatic carbocycles. The van der Waals surface area contributed by atoms with E-state index in [2.05, 4.69) is 0 Å². The summed E-state index contributed by atoms with van der Waals surface area (Å²) < 4.78 is 50.6. The molecule has 0 spiro atoms. The molecule has 0 N–H and O–H groups in total. The fraction of sp³-hybridized carbons (Fsp3) is 0.333. The largest absolute Gasteiger partial charge is 0.494 e. The summed E-state index contributed by atoms with van der Waals surface area (Å²) in [7, 11) is -2.44. The number of hydrogen-bond acceptors (Lipinski definition) is 6. The molecule has 1 aliphatic heterocycles. The highest BCUT2D eigenvalue weighted by Gasteiger charge is 2.29. The zero-order valence-corrected chi connectivity index (χ0v) is 15.9. The molecule has 2 aromatic rings. The van der Waals surface area contributed by atoms with E-state index < -0.39 is 26.5 Å². The molecular weight excluding hydrogens is 391 g/mol. The van der Waals surface area contributed by atoms with Crippen LogP contribution in [0.2, 0.25) is 0 Å². The maximum absolute atomic E-state index is 13.8. The Morgan fingerprint density at radius 2 is 1.82 bits per heavy atom. The van der Waals surface area contributed by atoms with E-state index in [1.165, 1.54) is 35.7 Å². The van der Waals surface area contributed by atoms with Crippen molar-refractivity contribution < 1.29 is 27.2 Å². The molecule has 0 aromatic heterocycles. The summed E-state index contributed by atoms with van der Waals surface area (Å²) in [6.07, 6.45) is 1.53. The Labute approximate surface area is 161 Å². The van der Waals surface area contributed by atoms with Crippen molar-refractivity contribution in [2.75, 3.05) is 20.2 Å². The van der Waals surface area contributed by atoms with Crippen LogP contribution in [0, 0.1) is 15.9 Å². The molecule has 0 unspecified atom stereocenters. The molecule has 1 heterocycles. The van der Waals surface area contributed by atoms with Crippen molar-refractivity contribution >= 4 is 15.7 Å². The number of rotatable bonds is 7. The van der Waals surface area contributed by atoms with Gasteiger partial charge in [-0.2, -0.15) is 4.31 Å². The molecule has 8 nitrogen and oxygen atoms in total. The van der Waals surface area contributed by atoms with E-state index in [-0.39, 0.29) is 23.0 Å². The summed E-state index contributed by atoms with van der Waals surface area (Å²) in [4.78, 5) is 10.6. The monoisotopic (exact) mass is 410 g/mol. The average molecular weight is 410 g/mol. The molecule has 0 radical (unpaired) electrons. The molecule has 1 aliphatic rings. The quantitative estimate of drug-likeness (QED) is 0.514. The molecule has 3 rings (SSSR count). The van der Waals surface area contributed by atoms with Gasteiger partial charge in [-0.3, -0.25) is 10.1 Å². The van der Waals surface area contributed by atoms with Crippen LogP contribution in [0.5, 0.6) is 11.5 Å². The van der Waals surface area contributed by atoms with E-state index in [1.807, 2.05) is 0 Å². The van der Waals surface area contributed by atoms with Crippen molar-refractivity contribution in [1.29, 1.82) is 0 Å². The van der Waals surface area contributed by atoms with Crippen molar-refractivity contribution in [2.24, 2.45) is 0 Å². The van der Waals surface area contributed by atoms with Crippen molar-refractivity contribution in [1.82, 2.24) is 4.31 Å². The normalized spacial score (nSPS) is 14.8. The lowest BCUT2D eigenvalue weighted by molar-refractivity contribution is -0.386. The van der Waals surface area contributed by atoms with Crippen molar-refractivity contribution in [3.05, 3.63) is 57.9 Å². The van der Waals surface area contributed by atoms with Crippen molar-refractivity contribution in [3.8, 4) is 11.5 Å². The van der Waals surface area contributed by atoms with Gasteiger partial charge in [0.2, 0.25) is 10.0 Å². The second-order valence-corrected chi connectivity index (χ2v) is 8.19. The second-order valence-electron chi connectivity index (χ2n) is 6.26. The van der Waals surface area contributed by atoms with Gasteiger partial charge in [-0.25, -0.2) is 12.8 Å². The zero-order valence-electron chi connectivity index (χ0n) is 15.1. The van der Waals surface area contributed by atoms with Gasteiger partial charge in [0.1, 0.15) is 6.61 Å².